The molecule has 5 amide bonds. The number of imide groups is 1. The average molecular weight is 545 g/mol. The molecule has 0 unspecified atom stereocenters. The molecule has 3 aliphatic rings. The van der Waals surface area contributed by atoms with Crippen LogP contribution in [-0.4, -0.2) is 70.1 Å². The van der Waals surface area contributed by atoms with Crippen LogP contribution in [0.25, 0.3) is 0 Å². The number of nitrogens with zero attached hydrogens (tertiary/aromatic N) is 4. The van der Waals surface area contributed by atoms with Gasteiger partial charge in [-0.05, 0) is 51.2 Å². The van der Waals surface area contributed by atoms with Gasteiger partial charge in [-0.3, -0.25) is 10.1 Å². The van der Waals surface area contributed by atoms with Crippen molar-refractivity contribution in [2.75, 3.05) is 26.7 Å². The number of imidazole rings is 1. The normalized spacial score (nSPS) is 22.5. The molecule has 39 heavy (non-hydrogen) atoms. The van der Waals surface area contributed by atoms with E-state index in [1.54, 1.807) is 24.3 Å². The quantitative estimate of drug-likeness (QED) is 0.561. The second kappa shape index (κ2) is 10.6. The first-order valence-electron chi connectivity index (χ1n) is 13.3. The van der Waals surface area contributed by atoms with E-state index in [4.69, 9.17) is 4.74 Å². The van der Waals surface area contributed by atoms with Crippen molar-refractivity contribution in [2.24, 2.45) is 0 Å². The highest BCUT2D eigenvalue weighted by molar-refractivity contribution is 6.02. The van der Waals surface area contributed by atoms with Crippen LogP contribution in [0.3, 0.4) is 0 Å². The van der Waals surface area contributed by atoms with Gasteiger partial charge in [0.05, 0.1) is 17.9 Å². The van der Waals surface area contributed by atoms with Gasteiger partial charge in [-0.15, -0.1) is 0 Å². The monoisotopic (exact) mass is 544 g/mol. The molecule has 0 radical (unpaired) electrons. The summed E-state index contributed by atoms with van der Waals surface area (Å²) in [5.41, 5.74) is 0.386. The number of urea groups is 2. The predicted octanol–water partition coefficient (Wildman–Crippen LogP) is 3.39. The topological polar surface area (TPSA) is 109 Å². The summed E-state index contributed by atoms with van der Waals surface area (Å²) >= 11 is 0. The van der Waals surface area contributed by atoms with E-state index < -0.39 is 23.3 Å². The van der Waals surface area contributed by atoms with Crippen LogP contribution in [0.1, 0.15) is 68.6 Å². The fourth-order valence-corrected chi connectivity index (χ4v) is 5.85. The zero-order valence-electron chi connectivity index (χ0n) is 22.4. The van der Waals surface area contributed by atoms with Gasteiger partial charge in [-0.1, -0.05) is 12.1 Å². The molecule has 2 fully saturated rings. The van der Waals surface area contributed by atoms with Crippen LogP contribution < -0.4 is 10.6 Å². The minimum absolute atomic E-state index is 0.0493. The lowest BCUT2D eigenvalue weighted by Crippen LogP contribution is -2.50. The first-order valence-corrected chi connectivity index (χ1v) is 13.3. The molecule has 10 nitrogen and oxygen atoms in total. The highest BCUT2D eigenvalue weighted by Crippen LogP contribution is 2.37. The van der Waals surface area contributed by atoms with E-state index in [1.165, 1.54) is 11.0 Å². The minimum Gasteiger partial charge on any atom is -0.373 e. The molecule has 5 rings (SSSR count). The number of nitrogens with one attached hydrogen (secondary N) is 2. The second-order valence-corrected chi connectivity index (χ2v) is 10.9. The van der Waals surface area contributed by atoms with Crippen LogP contribution in [-0.2, 0) is 21.7 Å². The molecule has 0 aliphatic carbocycles. The summed E-state index contributed by atoms with van der Waals surface area (Å²) in [6.45, 7) is 5.11. The predicted molar refractivity (Wildman–Crippen MR) is 137 cm³/mol. The van der Waals surface area contributed by atoms with Gasteiger partial charge >= 0.3 is 12.1 Å². The Kier molecular flexibility index (Phi) is 7.32. The third-order valence-electron chi connectivity index (χ3n) is 8.26. The van der Waals surface area contributed by atoms with Gasteiger partial charge in [0.1, 0.15) is 18.0 Å². The fraction of sp³-hybridized carbons (Fsp3) is 0.556. The van der Waals surface area contributed by atoms with E-state index >= 15 is 0 Å². The third-order valence-corrected chi connectivity index (χ3v) is 8.26. The van der Waals surface area contributed by atoms with E-state index in [1.807, 2.05) is 18.4 Å². The van der Waals surface area contributed by atoms with Crippen LogP contribution >= 0.6 is 0 Å². The van der Waals surface area contributed by atoms with Crippen LogP contribution in [0.15, 0.2) is 24.4 Å². The molecule has 2 N–H and O–H groups in total. The summed E-state index contributed by atoms with van der Waals surface area (Å²) in [6, 6.07) is 3.05. The molecule has 3 aliphatic heterocycles. The first-order chi connectivity index (χ1) is 18.6. The maximum Gasteiger partial charge on any atom is 0.324 e. The molecular weight excluding hydrogens is 510 g/mol. The molecule has 0 bridgehead atoms. The number of aromatic nitrogens is 2. The smallest absolute Gasteiger partial charge is 0.324 e. The Labute approximate surface area is 225 Å². The lowest BCUT2D eigenvalue weighted by Gasteiger charge is -2.36. The van der Waals surface area contributed by atoms with Crippen LogP contribution in [0.5, 0.6) is 0 Å². The Morgan fingerprint density at radius 1 is 1.15 bits per heavy atom. The molecule has 1 aromatic carbocycles. The highest BCUT2D eigenvalue weighted by Gasteiger charge is 2.37. The largest absolute Gasteiger partial charge is 0.373 e. The number of amides is 5. The lowest BCUT2D eigenvalue weighted by atomic mass is 9.92. The van der Waals surface area contributed by atoms with Crippen molar-refractivity contribution in [1.82, 2.24) is 30.0 Å². The molecule has 12 heteroatoms. The van der Waals surface area contributed by atoms with Gasteiger partial charge in [0.2, 0.25) is 5.91 Å². The zero-order chi connectivity index (χ0) is 27.9. The van der Waals surface area contributed by atoms with E-state index in [-0.39, 0.29) is 36.5 Å². The SMILES string of the molecule is COC(C)(C)c1cnc2n1C[C@H](c1cccc(F)c1F)CC[C@H]2NC(=O)N1CCC(N2CC(=O)NC2=O)CC1. The second-order valence-electron chi connectivity index (χ2n) is 10.9. The fourth-order valence-electron chi connectivity index (χ4n) is 5.85. The van der Waals surface area contributed by atoms with Crippen molar-refractivity contribution in [3.8, 4) is 0 Å². The number of likely N-dealkylation sites (tertiary alicyclic amines) is 1. The molecule has 0 saturated carbocycles. The number of hydrogen-bond donors (Lipinski definition) is 2. The Hall–Kier alpha value is -3.54. The van der Waals surface area contributed by atoms with Crippen LogP contribution in [0.4, 0.5) is 18.4 Å². The summed E-state index contributed by atoms with van der Waals surface area (Å²) in [6.07, 6.45) is 3.86. The Bertz CT molecular complexity index is 1270. The molecule has 0 spiro atoms. The van der Waals surface area contributed by atoms with E-state index in [9.17, 15) is 23.2 Å². The lowest BCUT2D eigenvalue weighted by molar-refractivity contribution is -0.118. The Morgan fingerprint density at radius 2 is 1.90 bits per heavy atom. The number of rotatable bonds is 5. The summed E-state index contributed by atoms with van der Waals surface area (Å²) in [5.74, 6) is -1.73. The number of benzene rings is 1. The maximum atomic E-state index is 14.8. The van der Waals surface area contributed by atoms with Gasteiger partial charge < -0.3 is 24.4 Å². The number of hydrogen-bond acceptors (Lipinski definition) is 5. The van der Waals surface area contributed by atoms with Gasteiger partial charge in [0.25, 0.3) is 0 Å². The molecule has 4 heterocycles. The van der Waals surface area contributed by atoms with Crippen molar-refractivity contribution in [3.63, 3.8) is 0 Å². The van der Waals surface area contributed by atoms with Gasteiger partial charge in [0, 0.05) is 38.7 Å². The van der Waals surface area contributed by atoms with Gasteiger partial charge in [-0.25, -0.2) is 23.4 Å². The summed E-state index contributed by atoms with van der Waals surface area (Å²) in [4.78, 5) is 44.8. The number of halogens is 2. The average Bonchev–Trinajstić information content (AvgIpc) is 3.44. The van der Waals surface area contributed by atoms with Gasteiger partial charge in [0.15, 0.2) is 11.6 Å². The number of methoxy groups -OCH3 is 1. The van der Waals surface area contributed by atoms with Crippen molar-refractivity contribution < 1.29 is 27.9 Å². The molecular formula is C27H34F2N6O4. The molecule has 2 atom stereocenters. The number of fused-ring (bicyclic) bond motifs is 1. The number of carbonyl (C=O) groups excluding carboxylic acids is 3. The Morgan fingerprint density at radius 3 is 2.56 bits per heavy atom. The van der Waals surface area contributed by atoms with E-state index in [0.29, 0.717) is 56.7 Å². The van der Waals surface area contributed by atoms with E-state index in [2.05, 4.69) is 15.6 Å². The third kappa shape index (κ3) is 5.21. The van der Waals surface area contributed by atoms with Crippen molar-refractivity contribution >= 4 is 18.0 Å². The Balaban J connectivity index is 1.34. The van der Waals surface area contributed by atoms with Crippen molar-refractivity contribution in [1.29, 1.82) is 0 Å². The zero-order valence-corrected chi connectivity index (χ0v) is 22.4. The van der Waals surface area contributed by atoms with Crippen LogP contribution in [0.2, 0.25) is 0 Å². The van der Waals surface area contributed by atoms with Crippen molar-refractivity contribution in [3.05, 3.63) is 53.1 Å². The number of ether oxygens (including phenoxy) is 1. The number of carbonyl (C=O) groups is 3. The van der Waals surface area contributed by atoms with Gasteiger partial charge in [-0.2, -0.15) is 0 Å². The van der Waals surface area contributed by atoms with Crippen LogP contribution in [0, 0.1) is 11.6 Å². The minimum atomic E-state index is -0.885. The summed E-state index contributed by atoms with van der Waals surface area (Å²) in [7, 11) is 1.60. The summed E-state index contributed by atoms with van der Waals surface area (Å²) < 4.78 is 36.6. The maximum absolute atomic E-state index is 14.8. The highest BCUT2D eigenvalue weighted by atomic mass is 19.2. The number of piperidine rings is 1. The van der Waals surface area contributed by atoms with E-state index in [0.717, 1.165) is 11.8 Å². The molecule has 1 aromatic heterocycles. The standard InChI is InChI=1S/C27H34F2N6O4/c1-27(2,39-3)21-13-30-24-20(8-7-16(14-35(21)24)18-5-4-6-19(28)23(18)29)31-25(37)33-11-9-17(10-12-33)34-15-22(36)32-26(34)38/h4-6,13,16-17,20H,7-12,14-15H2,1-3H3,(H,31,37)(H,32,36,38)/t16-,20-/m1/s1. The molecule has 2 aromatic rings. The molecule has 2 saturated heterocycles. The van der Waals surface area contributed by atoms with Crippen molar-refractivity contribution in [2.45, 2.75) is 69.7 Å². The first kappa shape index (κ1) is 27.0. The summed E-state index contributed by atoms with van der Waals surface area (Å²) in [5, 5.41) is 5.41. The molecule has 210 valence electrons.